The third kappa shape index (κ3) is 6.64. The Labute approximate surface area is 163 Å². The van der Waals surface area contributed by atoms with Crippen molar-refractivity contribution < 1.29 is 14.3 Å². The van der Waals surface area contributed by atoms with E-state index in [1.54, 1.807) is 43.5 Å². The van der Waals surface area contributed by atoms with Crippen molar-refractivity contribution in [3.05, 3.63) is 77.8 Å². The quantitative estimate of drug-likeness (QED) is 0.552. The van der Waals surface area contributed by atoms with E-state index in [4.69, 9.17) is 16.3 Å². The highest BCUT2D eigenvalue weighted by Crippen LogP contribution is 2.20. The molecule has 0 fully saturated rings. The van der Waals surface area contributed by atoms with Gasteiger partial charge in [0, 0.05) is 13.1 Å². The Morgan fingerprint density at radius 2 is 1.89 bits per heavy atom. The number of hydrogen-bond acceptors (Lipinski definition) is 3. The Morgan fingerprint density at radius 1 is 1.19 bits per heavy atom. The normalized spacial score (nSPS) is 10.4. The summed E-state index contributed by atoms with van der Waals surface area (Å²) in [6, 6.07) is 14.2. The van der Waals surface area contributed by atoms with Crippen LogP contribution in [-0.2, 0) is 9.59 Å². The molecule has 140 valence electrons. The molecule has 6 heteroatoms. The zero-order valence-electron chi connectivity index (χ0n) is 15.0. The van der Waals surface area contributed by atoms with Crippen molar-refractivity contribution in [2.24, 2.45) is 0 Å². The van der Waals surface area contributed by atoms with Gasteiger partial charge in [-0.15, -0.1) is 0 Å². The second-order valence-corrected chi connectivity index (χ2v) is 6.13. The topological polar surface area (TPSA) is 58.6 Å². The van der Waals surface area contributed by atoms with Gasteiger partial charge in [-0.1, -0.05) is 48.5 Å². The maximum absolute atomic E-state index is 12.2. The SMILES string of the molecule is C=CCOc1ccc(/C=C/C(=O)N(C)CC(=O)Nc2ccccc2Cl)cc1. The van der Waals surface area contributed by atoms with Gasteiger partial charge in [0.2, 0.25) is 11.8 Å². The highest BCUT2D eigenvalue weighted by atomic mass is 35.5. The molecule has 0 aliphatic rings. The summed E-state index contributed by atoms with van der Waals surface area (Å²) in [4.78, 5) is 25.6. The molecule has 0 aromatic heterocycles. The van der Waals surface area contributed by atoms with Gasteiger partial charge in [-0.25, -0.2) is 0 Å². The molecule has 0 aliphatic heterocycles. The maximum atomic E-state index is 12.2. The zero-order valence-corrected chi connectivity index (χ0v) is 15.8. The van der Waals surface area contributed by atoms with Crippen molar-refractivity contribution in [1.29, 1.82) is 0 Å². The third-order valence-electron chi connectivity index (χ3n) is 3.57. The van der Waals surface area contributed by atoms with Crippen molar-refractivity contribution >= 4 is 35.2 Å². The molecular formula is C21H21ClN2O3. The lowest BCUT2D eigenvalue weighted by atomic mass is 10.2. The first-order chi connectivity index (χ1) is 13.0. The number of para-hydroxylation sites is 1. The number of likely N-dealkylation sites (N-methyl/N-ethyl adjacent to an activating group) is 1. The van der Waals surface area contributed by atoms with E-state index in [2.05, 4.69) is 11.9 Å². The highest BCUT2D eigenvalue weighted by molar-refractivity contribution is 6.33. The fraction of sp³-hybridized carbons (Fsp3) is 0.143. The Balaban J connectivity index is 1.87. The van der Waals surface area contributed by atoms with Crippen LogP contribution in [-0.4, -0.2) is 36.9 Å². The van der Waals surface area contributed by atoms with E-state index in [1.165, 1.54) is 11.0 Å². The van der Waals surface area contributed by atoms with Gasteiger partial charge in [0.25, 0.3) is 0 Å². The van der Waals surface area contributed by atoms with Crippen LogP contribution in [0.3, 0.4) is 0 Å². The molecule has 27 heavy (non-hydrogen) atoms. The minimum absolute atomic E-state index is 0.0806. The van der Waals surface area contributed by atoms with Crippen LogP contribution in [0.1, 0.15) is 5.56 Å². The number of nitrogens with one attached hydrogen (secondary N) is 1. The van der Waals surface area contributed by atoms with Crippen LogP contribution in [0, 0.1) is 0 Å². The molecular weight excluding hydrogens is 364 g/mol. The van der Waals surface area contributed by atoms with E-state index in [-0.39, 0.29) is 18.4 Å². The minimum Gasteiger partial charge on any atom is -0.490 e. The number of rotatable bonds is 8. The predicted octanol–water partition coefficient (Wildman–Crippen LogP) is 4.02. The van der Waals surface area contributed by atoms with Crippen LogP contribution < -0.4 is 10.1 Å². The lowest BCUT2D eigenvalue weighted by molar-refractivity contribution is -0.129. The summed E-state index contributed by atoms with van der Waals surface area (Å²) in [5.74, 6) is 0.124. The van der Waals surface area contributed by atoms with E-state index in [0.29, 0.717) is 17.3 Å². The zero-order chi connectivity index (χ0) is 19.6. The second-order valence-electron chi connectivity index (χ2n) is 5.72. The van der Waals surface area contributed by atoms with Gasteiger partial charge in [0.15, 0.2) is 0 Å². The molecule has 2 aromatic rings. The molecule has 5 nitrogen and oxygen atoms in total. The molecule has 2 amide bonds. The minimum atomic E-state index is -0.323. The number of benzene rings is 2. The maximum Gasteiger partial charge on any atom is 0.246 e. The molecule has 0 heterocycles. The van der Waals surface area contributed by atoms with Gasteiger partial charge >= 0.3 is 0 Å². The van der Waals surface area contributed by atoms with Gasteiger partial charge < -0.3 is 15.0 Å². The summed E-state index contributed by atoms with van der Waals surface area (Å²) in [6.45, 7) is 3.95. The van der Waals surface area contributed by atoms with Crippen LogP contribution >= 0.6 is 11.6 Å². The van der Waals surface area contributed by atoms with Crippen molar-refractivity contribution in [2.75, 3.05) is 25.5 Å². The van der Waals surface area contributed by atoms with Crippen LogP contribution in [0.25, 0.3) is 6.08 Å². The summed E-state index contributed by atoms with van der Waals surface area (Å²) in [6.07, 6.45) is 4.77. The van der Waals surface area contributed by atoms with Crippen LogP contribution in [0.15, 0.2) is 67.3 Å². The lowest BCUT2D eigenvalue weighted by Gasteiger charge is -2.15. The summed E-state index contributed by atoms with van der Waals surface area (Å²) < 4.78 is 5.40. The Morgan fingerprint density at radius 3 is 2.56 bits per heavy atom. The lowest BCUT2D eigenvalue weighted by Crippen LogP contribution is -2.33. The molecule has 1 N–H and O–H groups in total. The number of anilines is 1. The molecule has 0 bridgehead atoms. The van der Waals surface area contributed by atoms with Crippen LogP contribution in [0.4, 0.5) is 5.69 Å². The third-order valence-corrected chi connectivity index (χ3v) is 3.90. The molecule has 0 atom stereocenters. The number of nitrogens with zero attached hydrogens (tertiary/aromatic N) is 1. The first-order valence-corrected chi connectivity index (χ1v) is 8.68. The second kappa shape index (κ2) is 10.2. The Hall–Kier alpha value is -3.05. The van der Waals surface area contributed by atoms with Gasteiger partial charge in [-0.3, -0.25) is 9.59 Å². The van der Waals surface area contributed by atoms with E-state index in [0.717, 1.165) is 11.3 Å². The number of hydrogen-bond donors (Lipinski definition) is 1. The van der Waals surface area contributed by atoms with Crippen molar-refractivity contribution in [2.45, 2.75) is 0 Å². The van der Waals surface area contributed by atoms with E-state index in [9.17, 15) is 9.59 Å². The number of carbonyl (C=O) groups excluding carboxylic acids is 2. The monoisotopic (exact) mass is 384 g/mol. The Kier molecular flexibility index (Phi) is 7.64. The molecule has 2 rings (SSSR count). The van der Waals surface area contributed by atoms with Crippen LogP contribution in [0.2, 0.25) is 5.02 Å². The number of carbonyl (C=O) groups is 2. The van der Waals surface area contributed by atoms with Crippen molar-refractivity contribution in [1.82, 2.24) is 4.90 Å². The largest absolute Gasteiger partial charge is 0.490 e. The van der Waals surface area contributed by atoms with E-state index in [1.807, 2.05) is 24.3 Å². The molecule has 0 aliphatic carbocycles. The first kappa shape index (κ1) is 20.3. The fourth-order valence-corrected chi connectivity index (χ4v) is 2.35. The number of halogens is 1. The van der Waals surface area contributed by atoms with Gasteiger partial charge in [-0.2, -0.15) is 0 Å². The molecule has 0 unspecified atom stereocenters. The molecule has 0 saturated heterocycles. The summed E-state index contributed by atoms with van der Waals surface area (Å²) in [7, 11) is 1.56. The predicted molar refractivity (Wildman–Crippen MR) is 109 cm³/mol. The van der Waals surface area contributed by atoms with Gasteiger partial charge in [0.1, 0.15) is 12.4 Å². The summed E-state index contributed by atoms with van der Waals surface area (Å²) in [5.41, 5.74) is 1.36. The van der Waals surface area contributed by atoms with Crippen molar-refractivity contribution in [3.8, 4) is 5.75 Å². The van der Waals surface area contributed by atoms with Crippen molar-refractivity contribution in [3.63, 3.8) is 0 Å². The smallest absolute Gasteiger partial charge is 0.246 e. The Bertz CT molecular complexity index is 832. The van der Waals surface area contributed by atoms with Gasteiger partial charge in [0.05, 0.1) is 17.3 Å². The molecule has 0 spiro atoms. The molecule has 0 radical (unpaired) electrons. The van der Waals surface area contributed by atoms with Gasteiger partial charge in [-0.05, 0) is 35.9 Å². The molecule has 2 aromatic carbocycles. The van der Waals surface area contributed by atoms with E-state index < -0.39 is 0 Å². The average molecular weight is 385 g/mol. The standard InChI is InChI=1S/C21H21ClN2O3/c1-3-14-27-17-11-8-16(9-12-17)10-13-21(26)24(2)15-20(25)23-19-7-5-4-6-18(19)22/h3-13H,1,14-15H2,2H3,(H,23,25)/b13-10+. The van der Waals surface area contributed by atoms with Crippen LogP contribution in [0.5, 0.6) is 5.75 Å². The summed E-state index contributed by atoms with van der Waals surface area (Å²) >= 11 is 6.00. The number of ether oxygens (including phenoxy) is 1. The molecule has 0 saturated carbocycles. The summed E-state index contributed by atoms with van der Waals surface area (Å²) in [5, 5.41) is 3.13. The average Bonchev–Trinajstić information content (AvgIpc) is 2.67. The first-order valence-electron chi connectivity index (χ1n) is 8.31. The number of amides is 2. The van der Waals surface area contributed by atoms with E-state index >= 15 is 0 Å². The highest BCUT2D eigenvalue weighted by Gasteiger charge is 2.11. The fourth-order valence-electron chi connectivity index (χ4n) is 2.17.